The lowest BCUT2D eigenvalue weighted by molar-refractivity contribution is 0.102. The van der Waals surface area contributed by atoms with Gasteiger partial charge in [-0.15, -0.1) is 0 Å². The zero-order valence-electron chi connectivity index (χ0n) is 9.88. The van der Waals surface area contributed by atoms with Crippen LogP contribution in [0.2, 0.25) is 0 Å². The number of carbonyl (C=O) groups excluding carboxylic acids is 1. The van der Waals surface area contributed by atoms with Gasteiger partial charge in [0.05, 0.1) is 21.4 Å². The second-order valence-corrected chi connectivity index (χ2v) is 6.53. The molecule has 0 atom stereocenters. The van der Waals surface area contributed by atoms with Crippen LogP contribution in [-0.2, 0) is 0 Å². The van der Waals surface area contributed by atoms with Crippen molar-refractivity contribution in [2.24, 2.45) is 0 Å². The van der Waals surface area contributed by atoms with Gasteiger partial charge in [-0.2, -0.15) is 0 Å². The first-order valence-electron chi connectivity index (χ1n) is 5.40. The molecule has 0 fully saturated rings. The van der Waals surface area contributed by atoms with Gasteiger partial charge in [0, 0.05) is 8.95 Å². The first-order chi connectivity index (χ1) is 9.40. The zero-order chi connectivity index (χ0) is 14.9. The van der Waals surface area contributed by atoms with Gasteiger partial charge in [0.1, 0.15) is 5.82 Å². The van der Waals surface area contributed by atoms with Crippen LogP contribution < -0.4 is 11.1 Å². The summed E-state index contributed by atoms with van der Waals surface area (Å²) >= 11 is 9.64. The molecule has 0 radical (unpaired) electrons. The van der Waals surface area contributed by atoms with Gasteiger partial charge in [-0.05, 0) is 56.1 Å². The molecule has 0 spiro atoms. The lowest BCUT2D eigenvalue weighted by atomic mass is 10.2. The number of carbonyl (C=O) groups is 1. The van der Waals surface area contributed by atoms with E-state index < -0.39 is 11.7 Å². The Labute approximate surface area is 140 Å². The molecule has 2 aromatic rings. The van der Waals surface area contributed by atoms with Crippen molar-refractivity contribution in [2.45, 2.75) is 0 Å². The third kappa shape index (κ3) is 3.21. The van der Waals surface area contributed by atoms with Gasteiger partial charge in [-0.3, -0.25) is 4.79 Å². The fourth-order valence-corrected chi connectivity index (χ4v) is 3.31. The number of hydrogen-bond donors (Lipinski definition) is 2. The third-order valence-electron chi connectivity index (χ3n) is 2.52. The molecule has 20 heavy (non-hydrogen) atoms. The van der Waals surface area contributed by atoms with E-state index in [1.165, 1.54) is 12.1 Å². The maximum atomic E-state index is 13.9. The molecular weight excluding hydrogens is 459 g/mol. The molecule has 0 saturated heterocycles. The number of anilines is 2. The smallest absolute Gasteiger partial charge is 0.258 e. The Morgan fingerprint density at radius 1 is 1.15 bits per heavy atom. The quantitative estimate of drug-likeness (QED) is 0.615. The monoisotopic (exact) mass is 464 g/mol. The van der Waals surface area contributed by atoms with Crippen LogP contribution in [0.15, 0.2) is 43.7 Å². The number of rotatable bonds is 2. The van der Waals surface area contributed by atoms with Crippen molar-refractivity contribution in [2.75, 3.05) is 11.1 Å². The highest BCUT2D eigenvalue weighted by Crippen LogP contribution is 2.33. The standard InChI is InChI=1S/C13H8Br3FN2O/c14-6-4-9(16)12(10(18)5-6)19-13(20)7-2-1-3-8(15)11(7)17/h1-5H,18H2,(H,19,20). The van der Waals surface area contributed by atoms with Gasteiger partial charge in [-0.1, -0.05) is 22.0 Å². The average molecular weight is 467 g/mol. The largest absolute Gasteiger partial charge is 0.397 e. The lowest BCUT2D eigenvalue weighted by Gasteiger charge is -2.11. The van der Waals surface area contributed by atoms with Crippen LogP contribution in [0.3, 0.4) is 0 Å². The van der Waals surface area contributed by atoms with Crippen LogP contribution in [0.1, 0.15) is 10.4 Å². The van der Waals surface area contributed by atoms with Crippen LogP contribution >= 0.6 is 47.8 Å². The van der Waals surface area contributed by atoms with E-state index in [0.717, 1.165) is 4.47 Å². The minimum Gasteiger partial charge on any atom is -0.397 e. The molecule has 3 nitrogen and oxygen atoms in total. The van der Waals surface area contributed by atoms with Crippen LogP contribution in [0, 0.1) is 5.82 Å². The summed E-state index contributed by atoms with van der Waals surface area (Å²) in [5.41, 5.74) is 6.55. The Kier molecular flexibility index (Phi) is 4.82. The van der Waals surface area contributed by atoms with Crippen LogP contribution in [0.5, 0.6) is 0 Å². The van der Waals surface area contributed by atoms with Gasteiger partial charge in [-0.25, -0.2) is 4.39 Å². The highest BCUT2D eigenvalue weighted by Gasteiger charge is 2.16. The Hall–Kier alpha value is -0.920. The average Bonchev–Trinajstić information content (AvgIpc) is 2.36. The molecule has 7 heteroatoms. The van der Waals surface area contributed by atoms with Gasteiger partial charge in [0.2, 0.25) is 0 Å². The molecule has 2 rings (SSSR count). The van der Waals surface area contributed by atoms with Gasteiger partial charge in [0.15, 0.2) is 0 Å². The molecule has 0 heterocycles. The van der Waals surface area contributed by atoms with Crippen molar-refractivity contribution in [3.8, 4) is 0 Å². The first-order valence-corrected chi connectivity index (χ1v) is 7.78. The summed E-state index contributed by atoms with van der Waals surface area (Å²) in [6.45, 7) is 0. The topological polar surface area (TPSA) is 55.1 Å². The van der Waals surface area contributed by atoms with E-state index in [2.05, 4.69) is 53.1 Å². The summed E-state index contributed by atoms with van der Waals surface area (Å²) < 4.78 is 15.5. The number of halogens is 4. The SMILES string of the molecule is Nc1cc(Br)cc(Br)c1NC(=O)c1cccc(Br)c1F. The Bertz CT molecular complexity index is 668. The van der Waals surface area contributed by atoms with Crippen molar-refractivity contribution in [3.63, 3.8) is 0 Å². The molecule has 0 unspecified atom stereocenters. The van der Waals surface area contributed by atoms with Crippen molar-refractivity contribution in [1.29, 1.82) is 0 Å². The summed E-state index contributed by atoms with van der Waals surface area (Å²) in [7, 11) is 0. The van der Waals surface area contributed by atoms with Gasteiger partial charge >= 0.3 is 0 Å². The second kappa shape index (κ2) is 6.24. The van der Waals surface area contributed by atoms with Crippen molar-refractivity contribution < 1.29 is 9.18 Å². The third-order valence-corrected chi connectivity index (χ3v) is 4.22. The second-order valence-electron chi connectivity index (χ2n) is 3.91. The number of nitrogen functional groups attached to an aromatic ring is 1. The Morgan fingerprint density at radius 2 is 1.85 bits per heavy atom. The van der Waals surface area contributed by atoms with E-state index in [9.17, 15) is 9.18 Å². The van der Waals surface area contributed by atoms with Crippen LogP contribution in [0.25, 0.3) is 0 Å². The molecular formula is C13H8Br3FN2O. The fraction of sp³-hybridized carbons (Fsp3) is 0. The molecule has 0 aliphatic rings. The minimum absolute atomic E-state index is 0.0615. The zero-order valence-corrected chi connectivity index (χ0v) is 14.6. The minimum atomic E-state index is -0.614. The predicted molar refractivity (Wildman–Crippen MR) is 88.3 cm³/mol. The van der Waals surface area contributed by atoms with E-state index in [0.29, 0.717) is 15.8 Å². The first kappa shape index (κ1) is 15.5. The molecule has 0 aromatic heterocycles. The number of nitrogens with two attached hydrogens (primary N) is 1. The van der Waals surface area contributed by atoms with E-state index in [-0.39, 0.29) is 10.0 Å². The summed E-state index contributed by atoms with van der Waals surface area (Å²) in [6.07, 6.45) is 0. The van der Waals surface area contributed by atoms with E-state index in [4.69, 9.17) is 5.73 Å². The van der Waals surface area contributed by atoms with E-state index in [1.807, 2.05) is 0 Å². The normalized spacial score (nSPS) is 10.4. The number of amides is 1. The van der Waals surface area contributed by atoms with Crippen molar-refractivity contribution >= 4 is 65.1 Å². The maximum Gasteiger partial charge on any atom is 0.258 e. The highest BCUT2D eigenvalue weighted by molar-refractivity contribution is 9.11. The Balaban J connectivity index is 2.36. The lowest BCUT2D eigenvalue weighted by Crippen LogP contribution is -2.15. The highest BCUT2D eigenvalue weighted by atomic mass is 79.9. The van der Waals surface area contributed by atoms with E-state index in [1.54, 1.807) is 18.2 Å². The van der Waals surface area contributed by atoms with E-state index >= 15 is 0 Å². The van der Waals surface area contributed by atoms with Gasteiger partial charge in [0.25, 0.3) is 5.91 Å². The molecule has 0 saturated carbocycles. The fourth-order valence-electron chi connectivity index (χ4n) is 1.59. The summed E-state index contributed by atoms with van der Waals surface area (Å²) in [5, 5.41) is 2.60. The summed E-state index contributed by atoms with van der Waals surface area (Å²) in [6, 6.07) is 7.90. The summed E-state index contributed by atoms with van der Waals surface area (Å²) in [4.78, 5) is 12.1. The van der Waals surface area contributed by atoms with Gasteiger partial charge < -0.3 is 11.1 Å². The predicted octanol–water partition coefficient (Wildman–Crippen LogP) is 4.95. The Morgan fingerprint density at radius 3 is 2.50 bits per heavy atom. The molecule has 1 amide bonds. The molecule has 0 aliphatic heterocycles. The van der Waals surface area contributed by atoms with Crippen LogP contribution in [0.4, 0.5) is 15.8 Å². The molecule has 0 bridgehead atoms. The molecule has 104 valence electrons. The number of hydrogen-bond acceptors (Lipinski definition) is 2. The summed E-state index contributed by atoms with van der Waals surface area (Å²) in [5.74, 6) is -1.18. The molecule has 2 aromatic carbocycles. The number of nitrogens with one attached hydrogen (secondary N) is 1. The maximum absolute atomic E-state index is 13.9. The van der Waals surface area contributed by atoms with Crippen molar-refractivity contribution in [3.05, 3.63) is 55.1 Å². The molecule has 0 aliphatic carbocycles. The number of benzene rings is 2. The van der Waals surface area contributed by atoms with Crippen molar-refractivity contribution in [1.82, 2.24) is 0 Å². The van der Waals surface area contributed by atoms with Crippen LogP contribution in [-0.4, -0.2) is 5.91 Å². The molecule has 3 N–H and O–H groups in total.